The SMILES string of the molecule is CC(C)OC(=O)OCOP(=O)(COC(C)Cn1cnc2c(N)ncnc21)N[C@@H](Cc1ccccc1)C(=O)OC(C)C.O=C(O)/C=C/C(=O)O. The van der Waals surface area contributed by atoms with Gasteiger partial charge >= 0.3 is 24.1 Å². The van der Waals surface area contributed by atoms with Crippen LogP contribution in [0.3, 0.4) is 0 Å². The Hall–Kier alpha value is -4.90. The van der Waals surface area contributed by atoms with E-state index in [2.05, 4.69) is 20.0 Å². The predicted molar refractivity (Wildman–Crippen MR) is 174 cm³/mol. The van der Waals surface area contributed by atoms with E-state index in [9.17, 15) is 23.7 Å². The summed E-state index contributed by atoms with van der Waals surface area (Å²) < 4.78 is 42.4. The van der Waals surface area contributed by atoms with E-state index in [1.807, 2.05) is 30.3 Å². The number of aliphatic carboxylic acids is 2. The summed E-state index contributed by atoms with van der Waals surface area (Å²) in [4.78, 5) is 56.3. The third kappa shape index (κ3) is 15.2. The van der Waals surface area contributed by atoms with Gasteiger partial charge < -0.3 is 39.5 Å². The number of nitrogen functional groups attached to an aromatic ring is 1. The van der Waals surface area contributed by atoms with Gasteiger partial charge in [0.2, 0.25) is 6.79 Å². The summed E-state index contributed by atoms with van der Waals surface area (Å²) in [7, 11) is -3.98. The molecule has 0 bridgehead atoms. The van der Waals surface area contributed by atoms with E-state index < -0.39 is 69.1 Å². The summed E-state index contributed by atoms with van der Waals surface area (Å²) in [5.41, 5.74) is 7.63. The fraction of sp³-hybridized carbons (Fsp3) is 0.433. The van der Waals surface area contributed by atoms with Gasteiger partial charge in [-0.15, -0.1) is 0 Å². The van der Waals surface area contributed by atoms with Gasteiger partial charge in [-0.2, -0.15) is 0 Å². The molecular weight excluding hydrogens is 667 g/mol. The van der Waals surface area contributed by atoms with Crippen molar-refractivity contribution in [3.05, 3.63) is 60.7 Å². The van der Waals surface area contributed by atoms with Crippen molar-refractivity contribution in [2.45, 2.75) is 71.9 Å². The van der Waals surface area contributed by atoms with E-state index in [0.29, 0.717) is 23.3 Å². The Bertz CT molecular complexity index is 1600. The molecule has 1 aromatic carbocycles. The number of carboxylic acids is 2. The van der Waals surface area contributed by atoms with Gasteiger partial charge in [-0.1, -0.05) is 30.3 Å². The Kier molecular flexibility index (Phi) is 16.3. The fourth-order valence-corrected chi connectivity index (χ4v) is 5.38. The number of anilines is 1. The van der Waals surface area contributed by atoms with Gasteiger partial charge in [0, 0.05) is 12.2 Å². The minimum atomic E-state index is -3.98. The number of hydrogen-bond donors (Lipinski definition) is 4. The molecule has 2 aromatic heterocycles. The molecule has 0 spiro atoms. The molecule has 0 radical (unpaired) electrons. The van der Waals surface area contributed by atoms with Crippen LogP contribution in [0.15, 0.2) is 55.1 Å². The molecule has 5 N–H and O–H groups in total. The smallest absolute Gasteiger partial charge is 0.478 e. The monoisotopic (exact) mass is 708 g/mol. The van der Waals surface area contributed by atoms with Gasteiger partial charge in [-0.05, 0) is 46.6 Å². The van der Waals surface area contributed by atoms with Crippen molar-refractivity contribution in [2.75, 3.05) is 18.9 Å². The summed E-state index contributed by atoms with van der Waals surface area (Å²) in [5, 5.41) is 18.4. The molecule has 0 aliphatic carbocycles. The van der Waals surface area contributed by atoms with Crippen LogP contribution in [0, 0.1) is 0 Å². The first-order valence-electron chi connectivity index (χ1n) is 14.8. The molecule has 19 heteroatoms. The van der Waals surface area contributed by atoms with Crippen molar-refractivity contribution < 1.29 is 57.4 Å². The maximum Gasteiger partial charge on any atom is 0.510 e. The molecule has 0 aliphatic rings. The molecular formula is C30H41N6O12P. The second-order valence-electron chi connectivity index (χ2n) is 10.8. The third-order valence-corrected chi connectivity index (χ3v) is 7.54. The van der Waals surface area contributed by atoms with E-state index >= 15 is 0 Å². The number of aromatic nitrogens is 4. The molecule has 268 valence electrons. The van der Waals surface area contributed by atoms with Crippen LogP contribution in [-0.2, 0) is 55.4 Å². The number of nitrogens with zero attached hydrogens (tertiary/aromatic N) is 4. The van der Waals surface area contributed by atoms with Gasteiger partial charge in [0.25, 0.3) is 7.52 Å². The highest BCUT2D eigenvalue weighted by Crippen LogP contribution is 2.44. The Morgan fingerprint density at radius 3 is 2.18 bits per heavy atom. The molecule has 0 saturated carbocycles. The fourth-order valence-electron chi connectivity index (χ4n) is 3.81. The lowest BCUT2D eigenvalue weighted by Crippen LogP contribution is -2.40. The maximum atomic E-state index is 14.0. The van der Waals surface area contributed by atoms with Crippen molar-refractivity contribution in [3.8, 4) is 0 Å². The van der Waals surface area contributed by atoms with Crippen LogP contribution in [0.2, 0.25) is 0 Å². The number of benzene rings is 1. The standard InChI is InChI=1S/C26H37N6O8P.C4H4O4/c1-17(2)39-25(33)21(11-20-9-7-6-8-10-20)31-41(35,38-15-36-26(34)40-18(3)4)16-37-19(5)12-32-14-30-22-23(27)28-13-29-24(22)32;5-3(6)1-2-4(7)8/h6-10,13-14,17-19,21H,11-12,15-16H2,1-5H3,(H,31,35)(H2,27,28,29);1-2H,(H,5,6)(H,7,8)/b;2-1+/t19?,21-,41?;/m0./s1. The molecule has 49 heavy (non-hydrogen) atoms. The number of carbonyl (C=O) groups is 4. The van der Waals surface area contributed by atoms with Crippen LogP contribution >= 0.6 is 7.52 Å². The Morgan fingerprint density at radius 2 is 1.59 bits per heavy atom. The van der Waals surface area contributed by atoms with E-state index in [1.54, 1.807) is 45.5 Å². The number of esters is 1. The van der Waals surface area contributed by atoms with Crippen molar-refractivity contribution in [1.82, 2.24) is 24.6 Å². The lowest BCUT2D eigenvalue weighted by molar-refractivity contribution is -0.149. The molecule has 0 saturated heterocycles. The molecule has 0 aliphatic heterocycles. The Labute approximate surface area is 282 Å². The summed E-state index contributed by atoms with van der Waals surface area (Å²) in [6.45, 7) is 8.08. The predicted octanol–water partition coefficient (Wildman–Crippen LogP) is 3.36. The van der Waals surface area contributed by atoms with Crippen LogP contribution in [0.5, 0.6) is 0 Å². The highest BCUT2D eigenvalue weighted by atomic mass is 31.2. The van der Waals surface area contributed by atoms with Gasteiger partial charge in [0.1, 0.15) is 24.2 Å². The van der Waals surface area contributed by atoms with E-state index in [1.165, 1.54) is 6.33 Å². The molecule has 2 unspecified atom stereocenters. The molecule has 3 atom stereocenters. The van der Waals surface area contributed by atoms with Crippen molar-refractivity contribution >= 4 is 48.6 Å². The zero-order valence-electron chi connectivity index (χ0n) is 27.6. The summed E-state index contributed by atoms with van der Waals surface area (Å²) in [6, 6.07) is 8.11. The van der Waals surface area contributed by atoms with Crippen molar-refractivity contribution in [2.24, 2.45) is 0 Å². The minimum absolute atomic E-state index is 0.160. The summed E-state index contributed by atoms with van der Waals surface area (Å²) >= 11 is 0. The van der Waals surface area contributed by atoms with E-state index in [-0.39, 0.29) is 18.8 Å². The van der Waals surface area contributed by atoms with Crippen molar-refractivity contribution in [3.63, 3.8) is 0 Å². The van der Waals surface area contributed by atoms with Gasteiger partial charge in [0.05, 0.1) is 31.2 Å². The number of carboxylic acid groups (broad SMARTS) is 2. The summed E-state index contributed by atoms with van der Waals surface area (Å²) in [6.07, 6.45) is 1.38. The summed E-state index contributed by atoms with van der Waals surface area (Å²) in [5.74, 6) is -2.89. The van der Waals surface area contributed by atoms with E-state index in [4.69, 9.17) is 39.4 Å². The number of imidazole rings is 1. The molecule has 3 rings (SSSR count). The van der Waals surface area contributed by atoms with Crippen LogP contribution in [0.1, 0.15) is 40.2 Å². The normalized spacial score (nSPS) is 13.7. The molecule has 3 aromatic rings. The highest BCUT2D eigenvalue weighted by molar-refractivity contribution is 7.56. The second kappa shape index (κ2) is 19.8. The Morgan fingerprint density at radius 1 is 0.959 bits per heavy atom. The van der Waals surface area contributed by atoms with Gasteiger partial charge in [-0.25, -0.2) is 34.4 Å². The largest absolute Gasteiger partial charge is 0.510 e. The molecule has 18 nitrogen and oxygen atoms in total. The van der Waals surface area contributed by atoms with E-state index in [0.717, 1.165) is 5.56 Å². The van der Waals surface area contributed by atoms with Crippen LogP contribution < -0.4 is 10.8 Å². The van der Waals surface area contributed by atoms with Crippen LogP contribution in [-0.4, -0.2) is 91.3 Å². The van der Waals surface area contributed by atoms with Gasteiger partial charge in [0.15, 0.2) is 11.5 Å². The van der Waals surface area contributed by atoms with Crippen LogP contribution in [0.25, 0.3) is 11.2 Å². The topological polar surface area (TPSA) is 254 Å². The number of nitrogens with two attached hydrogens (primary N) is 1. The lowest BCUT2D eigenvalue weighted by Gasteiger charge is -2.26. The zero-order chi connectivity index (χ0) is 36.6. The van der Waals surface area contributed by atoms with Gasteiger partial charge in [-0.3, -0.25) is 13.9 Å². The number of carbonyl (C=O) groups excluding carboxylic acids is 2. The highest BCUT2D eigenvalue weighted by Gasteiger charge is 2.34. The number of ether oxygens (including phenoxy) is 4. The maximum absolute atomic E-state index is 14.0. The zero-order valence-corrected chi connectivity index (χ0v) is 28.5. The first-order chi connectivity index (χ1) is 23.1. The lowest BCUT2D eigenvalue weighted by atomic mass is 10.1. The third-order valence-electron chi connectivity index (χ3n) is 5.82. The van der Waals surface area contributed by atoms with Crippen LogP contribution in [0.4, 0.5) is 10.6 Å². The quantitative estimate of drug-likeness (QED) is 0.0678. The Balaban J connectivity index is 0.000000924. The first-order valence-corrected chi connectivity index (χ1v) is 16.7. The number of fused-ring (bicyclic) bond motifs is 1. The average molecular weight is 709 g/mol. The number of nitrogens with one attached hydrogen (secondary N) is 1. The minimum Gasteiger partial charge on any atom is -0.478 e. The second-order valence-corrected chi connectivity index (χ2v) is 12.9. The number of rotatable bonds is 17. The number of hydrogen-bond acceptors (Lipinski definition) is 14. The molecule has 2 heterocycles. The van der Waals surface area contributed by atoms with Crippen molar-refractivity contribution in [1.29, 1.82) is 0 Å². The molecule has 0 amide bonds. The molecule has 0 fully saturated rings. The first kappa shape index (κ1) is 40.3. The average Bonchev–Trinajstić information content (AvgIpc) is 3.42.